The molecule has 1 atom stereocenters. The van der Waals surface area contributed by atoms with Crippen molar-refractivity contribution in [1.82, 2.24) is 10.2 Å². The van der Waals surface area contributed by atoms with Gasteiger partial charge in [-0.1, -0.05) is 0 Å². The van der Waals surface area contributed by atoms with E-state index in [2.05, 4.69) is 5.32 Å². The third-order valence-corrected chi connectivity index (χ3v) is 2.52. The zero-order chi connectivity index (χ0) is 11.5. The first kappa shape index (κ1) is 12.3. The zero-order valence-corrected chi connectivity index (χ0v) is 8.60. The van der Waals surface area contributed by atoms with Crippen LogP contribution < -0.4 is 5.32 Å². The maximum absolute atomic E-state index is 12.0. The number of hydrogen-bond acceptors (Lipinski definition) is 2. The van der Waals surface area contributed by atoms with Crippen LogP contribution in [0.2, 0.25) is 0 Å². The molecule has 1 N–H and O–H groups in total. The third-order valence-electron chi connectivity index (χ3n) is 2.52. The van der Waals surface area contributed by atoms with E-state index < -0.39 is 12.1 Å². The van der Waals surface area contributed by atoms with Crippen LogP contribution in [-0.4, -0.2) is 43.7 Å². The molecule has 1 amide bonds. The standard InChI is InChI=1S/C9H15F3N2O/c1-14(8(15)9(10,11)12)6-7-3-2-4-13-5-7/h7,13H,2-6H2,1H3. The minimum absolute atomic E-state index is 0.134. The number of nitrogens with one attached hydrogen (secondary N) is 1. The molecule has 0 aliphatic carbocycles. The van der Waals surface area contributed by atoms with E-state index in [0.29, 0.717) is 6.54 Å². The van der Waals surface area contributed by atoms with Crippen LogP contribution in [0.3, 0.4) is 0 Å². The van der Waals surface area contributed by atoms with Crippen LogP contribution in [0.4, 0.5) is 13.2 Å². The number of rotatable bonds is 2. The molecule has 88 valence electrons. The van der Waals surface area contributed by atoms with Gasteiger partial charge in [-0.05, 0) is 31.8 Å². The van der Waals surface area contributed by atoms with Gasteiger partial charge in [0.25, 0.3) is 0 Å². The average molecular weight is 224 g/mol. The molecular weight excluding hydrogens is 209 g/mol. The Balaban J connectivity index is 2.40. The highest BCUT2D eigenvalue weighted by atomic mass is 19.4. The van der Waals surface area contributed by atoms with E-state index in [1.807, 2.05) is 0 Å². The van der Waals surface area contributed by atoms with Gasteiger partial charge in [-0.25, -0.2) is 0 Å². The Morgan fingerprint density at radius 3 is 2.67 bits per heavy atom. The topological polar surface area (TPSA) is 32.3 Å². The normalized spacial score (nSPS) is 22.5. The molecule has 0 radical (unpaired) electrons. The average Bonchev–Trinajstić information content (AvgIpc) is 2.16. The molecule has 3 nitrogen and oxygen atoms in total. The molecular formula is C9H15F3N2O. The van der Waals surface area contributed by atoms with Gasteiger partial charge in [-0.3, -0.25) is 4.79 Å². The second-order valence-electron chi connectivity index (χ2n) is 3.90. The van der Waals surface area contributed by atoms with Crippen molar-refractivity contribution in [3.8, 4) is 0 Å². The molecule has 1 heterocycles. The van der Waals surface area contributed by atoms with Crippen molar-refractivity contribution >= 4 is 5.91 Å². The van der Waals surface area contributed by atoms with Gasteiger partial charge in [0, 0.05) is 13.6 Å². The first-order valence-electron chi connectivity index (χ1n) is 4.94. The van der Waals surface area contributed by atoms with Gasteiger partial charge in [0.05, 0.1) is 0 Å². The molecule has 1 aliphatic rings. The summed E-state index contributed by atoms with van der Waals surface area (Å²) in [5, 5.41) is 3.10. The molecule has 0 aromatic heterocycles. The van der Waals surface area contributed by atoms with E-state index in [1.165, 1.54) is 7.05 Å². The number of nitrogens with zero attached hydrogens (tertiary/aromatic N) is 1. The molecule has 15 heavy (non-hydrogen) atoms. The lowest BCUT2D eigenvalue weighted by Crippen LogP contribution is -2.44. The largest absolute Gasteiger partial charge is 0.471 e. The van der Waals surface area contributed by atoms with E-state index in [1.54, 1.807) is 0 Å². The van der Waals surface area contributed by atoms with Crippen molar-refractivity contribution in [3.63, 3.8) is 0 Å². The molecule has 0 spiro atoms. The minimum atomic E-state index is -4.75. The third kappa shape index (κ3) is 3.70. The Hall–Kier alpha value is -0.780. The van der Waals surface area contributed by atoms with Crippen molar-refractivity contribution in [3.05, 3.63) is 0 Å². The fraction of sp³-hybridized carbons (Fsp3) is 0.889. The minimum Gasteiger partial charge on any atom is -0.338 e. The quantitative estimate of drug-likeness (QED) is 0.759. The van der Waals surface area contributed by atoms with E-state index in [4.69, 9.17) is 0 Å². The summed E-state index contributed by atoms with van der Waals surface area (Å²) >= 11 is 0. The Morgan fingerprint density at radius 2 is 2.20 bits per heavy atom. The summed E-state index contributed by atoms with van der Waals surface area (Å²) in [6.45, 7) is 1.77. The number of carbonyl (C=O) groups is 1. The SMILES string of the molecule is CN(CC1CCCNC1)C(=O)C(F)(F)F. The van der Waals surface area contributed by atoms with Crippen LogP contribution in [0.1, 0.15) is 12.8 Å². The Bertz CT molecular complexity index is 224. The summed E-state index contributed by atoms with van der Waals surface area (Å²) in [5.41, 5.74) is 0. The lowest BCUT2D eigenvalue weighted by molar-refractivity contribution is -0.184. The molecule has 1 rings (SSSR count). The summed E-state index contributed by atoms with van der Waals surface area (Å²) < 4.78 is 36.1. The number of alkyl halides is 3. The maximum atomic E-state index is 12.0. The highest BCUT2D eigenvalue weighted by Crippen LogP contribution is 2.19. The van der Waals surface area contributed by atoms with Crippen LogP contribution >= 0.6 is 0 Å². The Morgan fingerprint density at radius 1 is 1.53 bits per heavy atom. The summed E-state index contributed by atoms with van der Waals surface area (Å²) in [7, 11) is 1.20. The summed E-state index contributed by atoms with van der Waals surface area (Å²) in [4.78, 5) is 11.6. The Kier molecular flexibility index (Phi) is 3.96. The van der Waals surface area contributed by atoms with Crippen LogP contribution in [0, 0.1) is 5.92 Å². The van der Waals surface area contributed by atoms with Gasteiger partial charge >= 0.3 is 12.1 Å². The molecule has 6 heteroatoms. The molecule has 0 bridgehead atoms. The second-order valence-corrected chi connectivity index (χ2v) is 3.90. The van der Waals surface area contributed by atoms with E-state index in [9.17, 15) is 18.0 Å². The number of carbonyl (C=O) groups excluding carboxylic acids is 1. The highest BCUT2D eigenvalue weighted by Gasteiger charge is 2.41. The highest BCUT2D eigenvalue weighted by molar-refractivity contribution is 5.81. The lowest BCUT2D eigenvalue weighted by atomic mass is 9.99. The van der Waals surface area contributed by atoms with Crippen LogP contribution in [0.25, 0.3) is 0 Å². The molecule has 1 unspecified atom stereocenters. The van der Waals surface area contributed by atoms with Gasteiger partial charge in [-0.2, -0.15) is 13.2 Å². The van der Waals surface area contributed by atoms with Crippen LogP contribution in [0.5, 0.6) is 0 Å². The smallest absolute Gasteiger partial charge is 0.338 e. The van der Waals surface area contributed by atoms with Crippen molar-refractivity contribution < 1.29 is 18.0 Å². The monoisotopic (exact) mass is 224 g/mol. The fourth-order valence-corrected chi connectivity index (χ4v) is 1.77. The molecule has 0 aromatic carbocycles. The van der Waals surface area contributed by atoms with Gasteiger partial charge in [0.2, 0.25) is 0 Å². The van der Waals surface area contributed by atoms with Crippen molar-refractivity contribution in [2.24, 2.45) is 5.92 Å². The predicted octanol–water partition coefficient (Wildman–Crippen LogP) is 1.01. The van der Waals surface area contributed by atoms with Crippen molar-refractivity contribution in [2.75, 3.05) is 26.7 Å². The fourth-order valence-electron chi connectivity index (χ4n) is 1.77. The van der Waals surface area contributed by atoms with Gasteiger partial charge < -0.3 is 10.2 Å². The van der Waals surface area contributed by atoms with E-state index >= 15 is 0 Å². The van der Waals surface area contributed by atoms with Crippen molar-refractivity contribution in [1.29, 1.82) is 0 Å². The molecule has 0 aromatic rings. The number of amides is 1. The zero-order valence-electron chi connectivity index (χ0n) is 8.60. The number of piperidine rings is 1. The first-order chi connectivity index (χ1) is 6.91. The van der Waals surface area contributed by atoms with Crippen LogP contribution in [-0.2, 0) is 4.79 Å². The number of halogens is 3. The number of hydrogen-bond donors (Lipinski definition) is 1. The Labute approximate surface area is 86.6 Å². The summed E-state index contributed by atoms with van der Waals surface area (Å²) in [6, 6.07) is 0. The second kappa shape index (κ2) is 4.83. The molecule has 0 saturated carbocycles. The van der Waals surface area contributed by atoms with Crippen molar-refractivity contribution in [2.45, 2.75) is 19.0 Å². The van der Waals surface area contributed by atoms with E-state index in [-0.39, 0.29) is 12.5 Å². The molecule has 1 aliphatic heterocycles. The summed E-state index contributed by atoms with van der Waals surface area (Å²) in [5.74, 6) is -1.62. The van der Waals surface area contributed by atoms with Gasteiger partial charge in [-0.15, -0.1) is 0 Å². The van der Waals surface area contributed by atoms with Gasteiger partial charge in [0.1, 0.15) is 0 Å². The van der Waals surface area contributed by atoms with E-state index in [0.717, 1.165) is 24.3 Å². The van der Waals surface area contributed by atoms with Crippen LogP contribution in [0.15, 0.2) is 0 Å². The molecule has 1 saturated heterocycles. The first-order valence-corrected chi connectivity index (χ1v) is 4.94. The predicted molar refractivity (Wildman–Crippen MR) is 49.3 cm³/mol. The molecule has 1 fully saturated rings. The summed E-state index contributed by atoms with van der Waals surface area (Å²) in [6.07, 6.45) is -2.92. The lowest BCUT2D eigenvalue weighted by Gasteiger charge is -2.27. The van der Waals surface area contributed by atoms with Gasteiger partial charge in [0.15, 0.2) is 0 Å². The maximum Gasteiger partial charge on any atom is 0.471 e.